The minimum Gasteiger partial charge on any atom is -0.493 e. The topological polar surface area (TPSA) is 111 Å². The second-order valence-corrected chi connectivity index (χ2v) is 4.77. The van der Waals surface area contributed by atoms with E-state index in [4.69, 9.17) is 4.74 Å². The summed E-state index contributed by atoms with van der Waals surface area (Å²) in [5.41, 5.74) is -0.141. The zero-order valence-electron chi connectivity index (χ0n) is 13.1. The Bertz CT molecular complexity index is 804. The number of hydrogen-bond donors (Lipinski definition) is 1. The zero-order chi connectivity index (χ0) is 17.7. The van der Waals surface area contributed by atoms with E-state index < -0.39 is 10.8 Å². The molecule has 0 saturated carbocycles. The number of anilines is 1. The molecule has 0 bridgehead atoms. The lowest BCUT2D eigenvalue weighted by molar-refractivity contribution is -0.385. The summed E-state index contributed by atoms with van der Waals surface area (Å²) in [7, 11) is 0. The lowest BCUT2D eigenvalue weighted by atomic mass is 10.1. The average Bonchev–Trinajstić information content (AvgIpc) is 2.55. The van der Waals surface area contributed by atoms with E-state index >= 15 is 0 Å². The first-order chi connectivity index (χ1) is 11.5. The molecule has 124 valence electrons. The summed E-state index contributed by atoms with van der Waals surface area (Å²) < 4.78 is 5.32. The van der Waals surface area contributed by atoms with Gasteiger partial charge in [-0.05, 0) is 26.0 Å². The lowest BCUT2D eigenvalue weighted by Gasteiger charge is -2.12. The Kier molecular flexibility index (Phi) is 5.20. The van der Waals surface area contributed by atoms with Crippen LogP contribution in [0, 0.1) is 10.1 Å². The number of nitro groups is 1. The minimum absolute atomic E-state index is 0.0997. The number of aromatic nitrogens is 1. The molecule has 0 atom stereocenters. The molecule has 0 fully saturated rings. The van der Waals surface area contributed by atoms with E-state index in [0.29, 0.717) is 0 Å². The summed E-state index contributed by atoms with van der Waals surface area (Å²) in [6.45, 7) is 3.29. The van der Waals surface area contributed by atoms with Crippen molar-refractivity contribution in [3.8, 4) is 5.75 Å². The number of nitrogens with one attached hydrogen (secondary N) is 1. The van der Waals surface area contributed by atoms with Gasteiger partial charge in [0.2, 0.25) is 0 Å². The van der Waals surface area contributed by atoms with E-state index in [9.17, 15) is 19.7 Å². The maximum Gasteiger partial charge on any atom is 0.285 e. The van der Waals surface area contributed by atoms with Crippen LogP contribution in [0.2, 0.25) is 0 Å². The molecule has 1 aromatic heterocycles. The van der Waals surface area contributed by atoms with Crippen molar-refractivity contribution in [1.29, 1.82) is 0 Å². The van der Waals surface area contributed by atoms with Gasteiger partial charge in [0.1, 0.15) is 5.75 Å². The van der Waals surface area contributed by atoms with Crippen molar-refractivity contribution in [3.63, 3.8) is 0 Å². The van der Waals surface area contributed by atoms with Gasteiger partial charge < -0.3 is 10.1 Å². The molecule has 0 aliphatic rings. The van der Waals surface area contributed by atoms with Gasteiger partial charge in [-0.25, -0.2) is 0 Å². The summed E-state index contributed by atoms with van der Waals surface area (Å²) in [6, 6.07) is 5.58. The highest BCUT2D eigenvalue weighted by atomic mass is 16.6. The third-order valence-electron chi connectivity index (χ3n) is 3.18. The van der Waals surface area contributed by atoms with E-state index in [1.54, 1.807) is 6.92 Å². The predicted octanol–water partition coefficient (Wildman–Crippen LogP) is 2.84. The molecule has 8 heteroatoms. The molecule has 1 heterocycles. The van der Waals surface area contributed by atoms with Crippen LogP contribution in [0.15, 0.2) is 36.7 Å². The van der Waals surface area contributed by atoms with Gasteiger partial charge in [0.25, 0.3) is 11.6 Å². The zero-order valence-corrected chi connectivity index (χ0v) is 13.1. The van der Waals surface area contributed by atoms with Gasteiger partial charge in [0.15, 0.2) is 11.3 Å². The molecular formula is C16H15N3O5. The molecular weight excluding hydrogens is 314 g/mol. The number of nitrogens with zero attached hydrogens (tertiary/aromatic N) is 2. The fourth-order valence-electron chi connectivity index (χ4n) is 2.14. The summed E-state index contributed by atoms with van der Waals surface area (Å²) in [5, 5.41) is 13.7. The standard InChI is InChI=1S/C16H15N3O5/c1-3-24-14-6-4-5-13(19(22)23)15(14)16(21)18-12-7-8-17-9-11(12)10(2)20/h4-9H,3H2,1-2H3,(H,17,18,21). The maximum absolute atomic E-state index is 12.6. The highest BCUT2D eigenvalue weighted by Crippen LogP contribution is 2.29. The molecule has 1 N–H and O–H groups in total. The first kappa shape index (κ1) is 17.1. The van der Waals surface area contributed by atoms with Crippen LogP contribution in [0.4, 0.5) is 11.4 Å². The largest absolute Gasteiger partial charge is 0.493 e. The SMILES string of the molecule is CCOc1cccc([N+](=O)[O-])c1C(=O)Nc1ccncc1C(C)=O. The average molecular weight is 329 g/mol. The van der Waals surface area contributed by atoms with Gasteiger partial charge in [0, 0.05) is 18.5 Å². The number of hydrogen-bond acceptors (Lipinski definition) is 6. The lowest BCUT2D eigenvalue weighted by Crippen LogP contribution is -2.17. The van der Waals surface area contributed by atoms with Crippen LogP contribution in [0.3, 0.4) is 0 Å². The van der Waals surface area contributed by atoms with Crippen LogP contribution in [0.1, 0.15) is 34.6 Å². The predicted molar refractivity (Wildman–Crippen MR) is 86.5 cm³/mol. The number of pyridine rings is 1. The number of amides is 1. The molecule has 0 aliphatic heterocycles. The van der Waals surface area contributed by atoms with Gasteiger partial charge >= 0.3 is 0 Å². The van der Waals surface area contributed by atoms with E-state index in [1.165, 1.54) is 43.6 Å². The smallest absolute Gasteiger partial charge is 0.285 e. The Morgan fingerprint density at radius 3 is 2.71 bits per heavy atom. The third-order valence-corrected chi connectivity index (χ3v) is 3.18. The second-order valence-electron chi connectivity index (χ2n) is 4.77. The van der Waals surface area contributed by atoms with Gasteiger partial charge in [0.05, 0.1) is 22.8 Å². The Morgan fingerprint density at radius 2 is 2.08 bits per heavy atom. The normalized spacial score (nSPS) is 10.1. The number of Topliss-reactive ketones (excluding diaryl/α,β-unsaturated/α-hetero) is 1. The quantitative estimate of drug-likeness (QED) is 0.495. The number of benzene rings is 1. The fraction of sp³-hybridized carbons (Fsp3) is 0.188. The first-order valence-electron chi connectivity index (χ1n) is 7.12. The van der Waals surface area contributed by atoms with Crippen LogP contribution in [-0.2, 0) is 0 Å². The second kappa shape index (κ2) is 7.32. The molecule has 1 amide bonds. The summed E-state index contributed by atoms with van der Waals surface area (Å²) in [5.74, 6) is -0.923. The highest BCUT2D eigenvalue weighted by molar-refractivity contribution is 6.12. The third kappa shape index (κ3) is 3.54. The number of carbonyl (C=O) groups excluding carboxylic acids is 2. The van der Waals surface area contributed by atoms with E-state index in [0.717, 1.165) is 0 Å². The van der Waals surface area contributed by atoms with Crippen molar-refractivity contribution < 1.29 is 19.2 Å². The van der Waals surface area contributed by atoms with Crippen molar-refractivity contribution in [2.75, 3.05) is 11.9 Å². The van der Waals surface area contributed by atoms with Gasteiger partial charge in [-0.15, -0.1) is 0 Å². The summed E-state index contributed by atoms with van der Waals surface area (Å²) in [6.07, 6.45) is 2.73. The van der Waals surface area contributed by atoms with E-state index in [2.05, 4.69) is 10.3 Å². The Morgan fingerprint density at radius 1 is 1.33 bits per heavy atom. The van der Waals surface area contributed by atoms with Crippen LogP contribution in [0.5, 0.6) is 5.75 Å². The molecule has 0 spiro atoms. The van der Waals surface area contributed by atoms with Gasteiger partial charge in [-0.2, -0.15) is 0 Å². The number of rotatable bonds is 6. The fourth-order valence-corrected chi connectivity index (χ4v) is 2.14. The van der Waals surface area contributed by atoms with Gasteiger partial charge in [-0.1, -0.05) is 6.07 Å². The molecule has 8 nitrogen and oxygen atoms in total. The van der Waals surface area contributed by atoms with Crippen molar-refractivity contribution in [2.24, 2.45) is 0 Å². The number of ketones is 1. The Balaban J connectivity index is 2.47. The van der Waals surface area contributed by atoms with Gasteiger partial charge in [-0.3, -0.25) is 24.7 Å². The Hall–Kier alpha value is -3.29. The summed E-state index contributed by atoms with van der Waals surface area (Å²) >= 11 is 0. The van der Waals surface area contributed by atoms with Crippen LogP contribution in [0.25, 0.3) is 0 Å². The van der Waals surface area contributed by atoms with Crippen molar-refractivity contribution in [3.05, 3.63) is 57.9 Å². The Labute approximate surface area is 137 Å². The number of nitro benzene ring substituents is 1. The first-order valence-corrected chi connectivity index (χ1v) is 7.12. The molecule has 0 unspecified atom stereocenters. The number of ether oxygens (including phenoxy) is 1. The van der Waals surface area contributed by atoms with E-state index in [-0.39, 0.29) is 40.6 Å². The molecule has 0 saturated heterocycles. The van der Waals surface area contributed by atoms with Crippen LogP contribution < -0.4 is 10.1 Å². The molecule has 2 rings (SSSR count). The molecule has 0 aliphatic carbocycles. The van der Waals surface area contributed by atoms with Crippen molar-refractivity contribution >= 4 is 23.1 Å². The maximum atomic E-state index is 12.6. The monoisotopic (exact) mass is 329 g/mol. The minimum atomic E-state index is -0.737. The molecule has 0 radical (unpaired) electrons. The van der Waals surface area contributed by atoms with Crippen molar-refractivity contribution in [1.82, 2.24) is 4.98 Å². The van der Waals surface area contributed by atoms with Crippen LogP contribution >= 0.6 is 0 Å². The molecule has 1 aromatic carbocycles. The summed E-state index contributed by atoms with van der Waals surface area (Å²) in [4.78, 5) is 38.6. The van der Waals surface area contributed by atoms with Crippen LogP contribution in [-0.4, -0.2) is 28.2 Å². The van der Waals surface area contributed by atoms with E-state index in [1.807, 2.05) is 0 Å². The highest BCUT2D eigenvalue weighted by Gasteiger charge is 2.26. The van der Waals surface area contributed by atoms with Crippen molar-refractivity contribution in [2.45, 2.75) is 13.8 Å². The number of carbonyl (C=O) groups is 2. The molecule has 2 aromatic rings. The molecule has 24 heavy (non-hydrogen) atoms.